The van der Waals surface area contributed by atoms with E-state index < -0.39 is 0 Å². The van der Waals surface area contributed by atoms with E-state index in [4.69, 9.17) is 15.5 Å². The molecule has 0 atom stereocenters. The lowest BCUT2D eigenvalue weighted by Gasteiger charge is -2.08. The number of benzene rings is 2. The van der Waals surface area contributed by atoms with Crippen LogP contribution in [-0.4, -0.2) is 21.6 Å². The van der Waals surface area contributed by atoms with Crippen molar-refractivity contribution in [2.75, 3.05) is 12.8 Å². The van der Waals surface area contributed by atoms with Gasteiger partial charge in [0.25, 0.3) is 0 Å². The van der Waals surface area contributed by atoms with E-state index in [1.165, 1.54) is 0 Å². The minimum atomic E-state index is 0.382. The van der Waals surface area contributed by atoms with Gasteiger partial charge in [-0.25, -0.2) is 9.97 Å². The van der Waals surface area contributed by atoms with E-state index in [9.17, 15) is 5.26 Å². The first-order chi connectivity index (χ1) is 12.7. The number of rotatable bonds is 4. The van der Waals surface area contributed by atoms with Crippen molar-refractivity contribution >= 4 is 28.0 Å². The van der Waals surface area contributed by atoms with Crippen molar-refractivity contribution in [2.24, 2.45) is 0 Å². The van der Waals surface area contributed by atoms with E-state index in [2.05, 4.69) is 11.1 Å². The summed E-state index contributed by atoms with van der Waals surface area (Å²) >= 11 is 0. The molecule has 2 aromatic heterocycles. The maximum atomic E-state index is 9.52. The molecule has 4 aromatic rings. The molecule has 2 aromatic carbocycles. The molecule has 4 rings (SSSR count). The predicted octanol–water partition coefficient (Wildman–Crippen LogP) is 3.29. The van der Waals surface area contributed by atoms with Gasteiger partial charge < -0.3 is 15.0 Å². The fourth-order valence-electron chi connectivity index (χ4n) is 3.09. The number of nitrogens with two attached hydrogens (primary N) is 1. The molecular formula is C20H17N5O. The van der Waals surface area contributed by atoms with Gasteiger partial charge in [0.05, 0.1) is 18.1 Å². The molecular weight excluding hydrogens is 326 g/mol. The van der Waals surface area contributed by atoms with Gasteiger partial charge in [-0.15, -0.1) is 0 Å². The van der Waals surface area contributed by atoms with Gasteiger partial charge in [-0.1, -0.05) is 24.3 Å². The van der Waals surface area contributed by atoms with Gasteiger partial charge in [0.2, 0.25) is 0 Å². The number of nitrogens with zero attached hydrogens (tertiary/aromatic N) is 4. The van der Waals surface area contributed by atoms with E-state index in [1.54, 1.807) is 7.11 Å². The minimum absolute atomic E-state index is 0.382. The highest BCUT2D eigenvalue weighted by molar-refractivity contribution is 5.92. The van der Waals surface area contributed by atoms with E-state index in [1.807, 2.05) is 53.1 Å². The number of para-hydroxylation sites is 2. The molecule has 6 nitrogen and oxygen atoms in total. The molecule has 0 aliphatic carbocycles. The number of nitriles is 1. The Balaban J connectivity index is 1.76. The van der Waals surface area contributed by atoms with Crippen LogP contribution in [0.5, 0.6) is 5.75 Å². The van der Waals surface area contributed by atoms with Crippen LogP contribution in [0.3, 0.4) is 0 Å². The van der Waals surface area contributed by atoms with Gasteiger partial charge in [0.1, 0.15) is 28.7 Å². The van der Waals surface area contributed by atoms with E-state index in [0.717, 1.165) is 28.8 Å². The van der Waals surface area contributed by atoms with Crippen LogP contribution in [0.25, 0.3) is 22.2 Å². The summed E-state index contributed by atoms with van der Waals surface area (Å²) in [5.74, 6) is 1.23. The lowest BCUT2D eigenvalue weighted by Crippen LogP contribution is -2.06. The Hall–Kier alpha value is -3.59. The van der Waals surface area contributed by atoms with Crippen LogP contribution in [-0.2, 0) is 13.0 Å². The van der Waals surface area contributed by atoms with Crippen LogP contribution >= 0.6 is 0 Å². The van der Waals surface area contributed by atoms with Gasteiger partial charge in [-0.05, 0) is 36.2 Å². The second-order valence-corrected chi connectivity index (χ2v) is 6.01. The summed E-state index contributed by atoms with van der Waals surface area (Å²) in [6.45, 7) is 0.614. The third-order valence-electron chi connectivity index (χ3n) is 4.49. The van der Waals surface area contributed by atoms with Crippen LogP contribution in [0.4, 0.5) is 5.82 Å². The molecule has 2 heterocycles. The minimum Gasteiger partial charge on any atom is -0.497 e. The summed E-state index contributed by atoms with van der Waals surface area (Å²) < 4.78 is 7.06. The van der Waals surface area contributed by atoms with E-state index >= 15 is 0 Å². The summed E-state index contributed by atoms with van der Waals surface area (Å²) in [5.41, 5.74) is 10.5. The van der Waals surface area contributed by atoms with Crippen molar-refractivity contribution in [1.82, 2.24) is 14.5 Å². The number of methoxy groups -OCH3 is 1. The number of fused-ring (bicyclic) bond motifs is 2. The topological polar surface area (TPSA) is 89.8 Å². The Bertz CT molecular complexity index is 1140. The first-order valence-electron chi connectivity index (χ1n) is 8.28. The van der Waals surface area contributed by atoms with Crippen LogP contribution < -0.4 is 10.5 Å². The molecule has 0 aliphatic rings. The second-order valence-electron chi connectivity index (χ2n) is 6.01. The largest absolute Gasteiger partial charge is 0.497 e. The lowest BCUT2D eigenvalue weighted by atomic mass is 10.1. The molecule has 128 valence electrons. The van der Waals surface area contributed by atoms with Crippen molar-refractivity contribution in [3.8, 4) is 11.8 Å². The molecule has 0 saturated carbocycles. The standard InChI is InChI=1S/C20H17N5O/c1-26-14-8-6-13(7-9-14)10-11-25-19(22)15(12-21)18-20(25)24-17-5-3-2-4-16(17)23-18/h2-9H,10-11,22H2,1H3. The molecule has 6 heteroatoms. The number of ether oxygens (including phenoxy) is 1. The van der Waals surface area contributed by atoms with Crippen molar-refractivity contribution < 1.29 is 4.74 Å². The average molecular weight is 343 g/mol. The van der Waals surface area contributed by atoms with Gasteiger partial charge in [0, 0.05) is 6.54 Å². The zero-order valence-electron chi connectivity index (χ0n) is 14.3. The van der Waals surface area contributed by atoms with Crippen LogP contribution in [0.15, 0.2) is 48.5 Å². The summed E-state index contributed by atoms with van der Waals surface area (Å²) in [6, 6.07) is 17.7. The highest BCUT2D eigenvalue weighted by atomic mass is 16.5. The zero-order chi connectivity index (χ0) is 18.1. The maximum absolute atomic E-state index is 9.52. The van der Waals surface area contributed by atoms with E-state index in [-0.39, 0.29) is 0 Å². The summed E-state index contributed by atoms with van der Waals surface area (Å²) in [7, 11) is 1.65. The van der Waals surface area contributed by atoms with Crippen LogP contribution in [0.2, 0.25) is 0 Å². The highest BCUT2D eigenvalue weighted by Gasteiger charge is 2.18. The van der Waals surface area contributed by atoms with Crippen LogP contribution in [0.1, 0.15) is 11.1 Å². The molecule has 0 saturated heterocycles. The Morgan fingerprint density at radius 1 is 1.08 bits per heavy atom. The number of anilines is 1. The van der Waals surface area contributed by atoms with Crippen LogP contribution in [0, 0.1) is 11.3 Å². The van der Waals surface area contributed by atoms with Crippen molar-refractivity contribution in [3.63, 3.8) is 0 Å². The Morgan fingerprint density at radius 2 is 1.77 bits per heavy atom. The molecule has 0 radical (unpaired) electrons. The van der Waals surface area contributed by atoms with Crippen molar-refractivity contribution in [3.05, 3.63) is 59.7 Å². The summed E-state index contributed by atoms with van der Waals surface area (Å²) in [4.78, 5) is 9.30. The Morgan fingerprint density at radius 3 is 2.42 bits per heavy atom. The van der Waals surface area contributed by atoms with E-state index in [0.29, 0.717) is 29.1 Å². The number of hydrogen-bond acceptors (Lipinski definition) is 5. The fraction of sp³-hybridized carbons (Fsp3) is 0.150. The van der Waals surface area contributed by atoms with Crippen molar-refractivity contribution in [1.29, 1.82) is 5.26 Å². The number of nitrogen functional groups attached to an aromatic ring is 1. The number of aryl methyl sites for hydroxylation is 2. The molecule has 0 unspecified atom stereocenters. The third-order valence-corrected chi connectivity index (χ3v) is 4.49. The molecule has 0 spiro atoms. The third kappa shape index (κ3) is 2.60. The first kappa shape index (κ1) is 15.9. The Labute approximate surface area is 150 Å². The summed E-state index contributed by atoms with van der Waals surface area (Å²) in [5, 5.41) is 9.52. The average Bonchev–Trinajstić information content (AvgIpc) is 2.94. The molecule has 2 N–H and O–H groups in total. The van der Waals surface area contributed by atoms with Gasteiger partial charge in [-0.3, -0.25) is 0 Å². The van der Waals surface area contributed by atoms with Crippen molar-refractivity contribution in [2.45, 2.75) is 13.0 Å². The lowest BCUT2D eigenvalue weighted by molar-refractivity contribution is 0.414. The monoisotopic (exact) mass is 343 g/mol. The fourth-order valence-corrected chi connectivity index (χ4v) is 3.09. The second kappa shape index (κ2) is 6.37. The SMILES string of the molecule is COc1ccc(CCn2c(N)c(C#N)c3nc4ccccc4nc32)cc1. The molecule has 0 aliphatic heterocycles. The quantitative estimate of drug-likeness (QED) is 0.614. The highest BCUT2D eigenvalue weighted by Crippen LogP contribution is 2.27. The predicted molar refractivity (Wildman–Crippen MR) is 101 cm³/mol. The molecule has 26 heavy (non-hydrogen) atoms. The maximum Gasteiger partial charge on any atom is 0.162 e. The van der Waals surface area contributed by atoms with Gasteiger partial charge in [-0.2, -0.15) is 5.26 Å². The number of aromatic nitrogens is 3. The molecule has 0 bridgehead atoms. The zero-order valence-corrected chi connectivity index (χ0v) is 14.3. The summed E-state index contributed by atoms with van der Waals surface area (Å²) in [6.07, 6.45) is 0.761. The first-order valence-corrected chi connectivity index (χ1v) is 8.28. The van der Waals surface area contributed by atoms with Gasteiger partial charge >= 0.3 is 0 Å². The molecule has 0 fully saturated rings. The normalized spacial score (nSPS) is 10.9. The smallest absolute Gasteiger partial charge is 0.162 e. The molecule has 0 amide bonds. The Kier molecular flexibility index (Phi) is 3.90. The van der Waals surface area contributed by atoms with Gasteiger partial charge in [0.15, 0.2) is 5.65 Å². The number of hydrogen-bond donors (Lipinski definition) is 1.